The van der Waals surface area contributed by atoms with E-state index in [4.69, 9.17) is 4.74 Å². The lowest BCUT2D eigenvalue weighted by molar-refractivity contribution is 0.414. The predicted octanol–water partition coefficient (Wildman–Crippen LogP) is 4.27. The van der Waals surface area contributed by atoms with Crippen LogP contribution in [-0.2, 0) is 18.7 Å². The van der Waals surface area contributed by atoms with E-state index in [1.807, 2.05) is 55.5 Å². The molecule has 0 unspecified atom stereocenters. The molecule has 0 aliphatic carbocycles. The summed E-state index contributed by atoms with van der Waals surface area (Å²) >= 11 is 1.50. The highest BCUT2D eigenvalue weighted by Gasteiger charge is 2.13. The first kappa shape index (κ1) is 19.9. The minimum atomic E-state index is -0.166. The molecule has 1 aromatic heterocycles. The van der Waals surface area contributed by atoms with Gasteiger partial charge in [-0.25, -0.2) is 0 Å². The quantitative estimate of drug-likeness (QED) is 0.574. The van der Waals surface area contributed by atoms with Crippen LogP contribution in [0.25, 0.3) is 0 Å². The molecule has 0 fully saturated rings. The third-order valence-corrected chi connectivity index (χ3v) is 5.45. The molecule has 2 aromatic carbocycles. The number of para-hydroxylation sites is 1. The van der Waals surface area contributed by atoms with Gasteiger partial charge in [-0.3, -0.25) is 9.36 Å². The molecule has 0 saturated heterocycles. The second kappa shape index (κ2) is 9.41. The van der Waals surface area contributed by atoms with Crippen LogP contribution in [0.1, 0.15) is 25.0 Å². The van der Waals surface area contributed by atoms with E-state index in [1.165, 1.54) is 11.8 Å². The highest BCUT2D eigenvalue weighted by atomic mass is 32.2. The van der Waals surface area contributed by atoms with E-state index in [0.717, 1.165) is 29.0 Å². The fraction of sp³-hybridized carbons (Fsp3) is 0.286. The van der Waals surface area contributed by atoms with Crippen molar-refractivity contribution < 1.29 is 4.74 Å². The monoisotopic (exact) mass is 396 g/mol. The molecule has 3 aromatic rings. The number of nitrogens with zero attached hydrogens (tertiary/aromatic N) is 3. The van der Waals surface area contributed by atoms with Crippen LogP contribution in [-0.4, -0.2) is 21.9 Å². The van der Waals surface area contributed by atoms with Crippen molar-refractivity contribution in [1.29, 1.82) is 0 Å². The Labute approximate surface area is 169 Å². The lowest BCUT2D eigenvalue weighted by atomic mass is 10.1. The molecule has 0 atom stereocenters. The second-order valence-electron chi connectivity index (χ2n) is 6.15. The highest BCUT2D eigenvalue weighted by Crippen LogP contribution is 2.23. The first-order valence-corrected chi connectivity index (χ1v) is 10.2. The number of hydrogen-bond donors (Lipinski definition) is 1. The van der Waals surface area contributed by atoms with Gasteiger partial charge < -0.3 is 10.1 Å². The van der Waals surface area contributed by atoms with Gasteiger partial charge in [-0.15, -0.1) is 10.2 Å². The maximum atomic E-state index is 12.9. The van der Waals surface area contributed by atoms with Crippen LogP contribution in [0.15, 0.2) is 58.5 Å². The molecule has 0 spiro atoms. The molecule has 1 N–H and O–H groups in total. The number of ether oxygens (including phenoxy) is 1. The van der Waals surface area contributed by atoms with Gasteiger partial charge in [0, 0.05) is 18.0 Å². The lowest BCUT2D eigenvalue weighted by Gasteiger charge is -2.13. The summed E-state index contributed by atoms with van der Waals surface area (Å²) in [5.41, 5.74) is 2.98. The third-order valence-electron chi connectivity index (χ3n) is 4.41. The minimum absolute atomic E-state index is 0.166. The topological polar surface area (TPSA) is 69.0 Å². The minimum Gasteiger partial charge on any atom is -0.497 e. The van der Waals surface area contributed by atoms with Gasteiger partial charge in [-0.2, -0.15) is 0 Å². The normalized spacial score (nSPS) is 10.7. The van der Waals surface area contributed by atoms with Crippen LogP contribution in [0.4, 0.5) is 11.5 Å². The summed E-state index contributed by atoms with van der Waals surface area (Å²) in [4.78, 5) is 12.9. The molecule has 0 aliphatic heterocycles. The molecule has 3 rings (SSSR count). The molecule has 28 heavy (non-hydrogen) atoms. The van der Waals surface area contributed by atoms with E-state index < -0.39 is 0 Å². The maximum absolute atomic E-state index is 12.9. The summed E-state index contributed by atoms with van der Waals surface area (Å²) in [5, 5.41) is 12.2. The smallest absolute Gasteiger partial charge is 0.297 e. The van der Waals surface area contributed by atoms with Gasteiger partial charge in [0.25, 0.3) is 5.56 Å². The van der Waals surface area contributed by atoms with Gasteiger partial charge in [-0.05, 0) is 42.7 Å². The summed E-state index contributed by atoms with van der Waals surface area (Å²) in [6.07, 6.45) is 0.869. The van der Waals surface area contributed by atoms with Crippen LogP contribution in [0.2, 0.25) is 0 Å². The Balaban J connectivity index is 1.80. The van der Waals surface area contributed by atoms with Gasteiger partial charge in [0.2, 0.25) is 5.82 Å². The molecular formula is C21H24N4O2S. The Bertz CT molecular complexity index is 986. The Morgan fingerprint density at radius 1 is 1.07 bits per heavy atom. The van der Waals surface area contributed by atoms with Crippen molar-refractivity contribution in [2.45, 2.75) is 37.7 Å². The van der Waals surface area contributed by atoms with E-state index in [9.17, 15) is 4.79 Å². The lowest BCUT2D eigenvalue weighted by Crippen LogP contribution is -2.26. The third kappa shape index (κ3) is 4.54. The Morgan fingerprint density at radius 3 is 2.50 bits per heavy atom. The highest BCUT2D eigenvalue weighted by molar-refractivity contribution is 7.98. The van der Waals surface area contributed by atoms with Crippen molar-refractivity contribution >= 4 is 23.3 Å². The molecule has 7 heteroatoms. The molecule has 1 heterocycles. The Kier molecular flexibility index (Phi) is 6.71. The first-order valence-electron chi connectivity index (χ1n) is 9.24. The Morgan fingerprint density at radius 2 is 1.82 bits per heavy atom. The average molecular weight is 397 g/mol. The molecule has 6 nitrogen and oxygen atoms in total. The average Bonchev–Trinajstić information content (AvgIpc) is 2.74. The van der Waals surface area contributed by atoms with E-state index in [1.54, 1.807) is 11.7 Å². The molecule has 146 valence electrons. The molecule has 0 radical (unpaired) electrons. The number of hydrogen-bond acceptors (Lipinski definition) is 6. The van der Waals surface area contributed by atoms with Crippen molar-refractivity contribution in [3.8, 4) is 5.75 Å². The van der Waals surface area contributed by atoms with Crippen LogP contribution < -0.4 is 15.6 Å². The van der Waals surface area contributed by atoms with Gasteiger partial charge in [0.1, 0.15) is 5.75 Å². The first-order chi connectivity index (χ1) is 13.7. The van der Waals surface area contributed by atoms with Gasteiger partial charge in [0.15, 0.2) is 5.16 Å². The molecule has 0 bridgehead atoms. The summed E-state index contributed by atoms with van der Waals surface area (Å²) in [7, 11) is 1.65. The molecule has 0 aliphatic rings. The number of methoxy groups -OCH3 is 1. The van der Waals surface area contributed by atoms with Gasteiger partial charge in [0.05, 0.1) is 7.11 Å². The van der Waals surface area contributed by atoms with Gasteiger partial charge in [-0.1, -0.05) is 49.0 Å². The zero-order valence-electron chi connectivity index (χ0n) is 16.3. The Hall–Kier alpha value is -2.80. The standard InChI is InChI=1S/C21H24N4O2S/c1-4-16-8-6-7-9-18(16)22-19-20(26)25(5-2)21(24-23-19)28-14-15-10-12-17(27-3)13-11-15/h6-13H,4-5,14H2,1-3H3,(H,22,23). The van der Waals surface area contributed by atoms with E-state index in [0.29, 0.717) is 17.5 Å². The SMILES string of the molecule is CCc1ccccc1Nc1nnc(SCc2ccc(OC)cc2)n(CC)c1=O. The van der Waals surface area contributed by atoms with Crippen molar-refractivity contribution in [3.05, 3.63) is 70.0 Å². The number of aromatic nitrogens is 3. The largest absolute Gasteiger partial charge is 0.497 e. The van der Waals surface area contributed by atoms with Crippen molar-refractivity contribution in [1.82, 2.24) is 14.8 Å². The summed E-state index contributed by atoms with van der Waals surface area (Å²) in [5.74, 6) is 1.77. The van der Waals surface area contributed by atoms with Crippen molar-refractivity contribution in [2.24, 2.45) is 0 Å². The van der Waals surface area contributed by atoms with E-state index in [-0.39, 0.29) is 11.4 Å². The van der Waals surface area contributed by atoms with Crippen LogP contribution in [0.3, 0.4) is 0 Å². The molecular weight excluding hydrogens is 372 g/mol. The summed E-state index contributed by atoms with van der Waals surface area (Å²) < 4.78 is 6.83. The van der Waals surface area contributed by atoms with Crippen LogP contribution >= 0.6 is 11.8 Å². The van der Waals surface area contributed by atoms with Crippen LogP contribution in [0, 0.1) is 0 Å². The van der Waals surface area contributed by atoms with Crippen molar-refractivity contribution in [2.75, 3.05) is 12.4 Å². The number of thioether (sulfide) groups is 1. The number of aryl methyl sites for hydroxylation is 1. The number of benzene rings is 2. The molecule has 0 saturated carbocycles. The number of anilines is 2. The zero-order chi connectivity index (χ0) is 19.9. The summed E-state index contributed by atoms with van der Waals surface area (Å²) in [6, 6.07) is 15.8. The predicted molar refractivity (Wildman–Crippen MR) is 114 cm³/mol. The summed E-state index contributed by atoms with van der Waals surface area (Å²) in [6.45, 7) is 4.54. The molecule has 0 amide bonds. The van der Waals surface area contributed by atoms with Crippen molar-refractivity contribution in [3.63, 3.8) is 0 Å². The van der Waals surface area contributed by atoms with Crippen LogP contribution in [0.5, 0.6) is 5.75 Å². The fourth-order valence-electron chi connectivity index (χ4n) is 2.82. The van der Waals surface area contributed by atoms with E-state index >= 15 is 0 Å². The zero-order valence-corrected chi connectivity index (χ0v) is 17.1. The fourth-order valence-corrected chi connectivity index (χ4v) is 3.77. The van der Waals surface area contributed by atoms with E-state index in [2.05, 4.69) is 22.4 Å². The number of nitrogens with one attached hydrogen (secondary N) is 1. The second-order valence-corrected chi connectivity index (χ2v) is 7.10. The van der Waals surface area contributed by atoms with Gasteiger partial charge >= 0.3 is 0 Å². The maximum Gasteiger partial charge on any atom is 0.297 e. The number of rotatable bonds is 8.